The van der Waals surface area contributed by atoms with Crippen molar-refractivity contribution in [2.24, 2.45) is 0 Å². The van der Waals surface area contributed by atoms with E-state index in [1.165, 1.54) is 11.1 Å². The molecule has 0 bridgehead atoms. The summed E-state index contributed by atoms with van der Waals surface area (Å²) in [7, 11) is 0. The average Bonchev–Trinajstić information content (AvgIpc) is 3.33. The van der Waals surface area contributed by atoms with Gasteiger partial charge in [-0.05, 0) is 43.3 Å². The second kappa shape index (κ2) is 8.20. The number of thiophene rings is 1. The van der Waals surface area contributed by atoms with Gasteiger partial charge in [-0.15, -0.1) is 11.3 Å². The molecule has 25 heavy (non-hydrogen) atoms. The van der Waals surface area contributed by atoms with Crippen LogP contribution >= 0.6 is 11.3 Å². The molecule has 134 valence electrons. The van der Waals surface area contributed by atoms with Gasteiger partial charge in [0.15, 0.2) is 5.76 Å². The summed E-state index contributed by atoms with van der Waals surface area (Å²) < 4.78 is 5.17. The van der Waals surface area contributed by atoms with Crippen molar-refractivity contribution < 1.29 is 14.0 Å². The zero-order valence-corrected chi connectivity index (χ0v) is 15.1. The first-order chi connectivity index (χ1) is 12.2. The van der Waals surface area contributed by atoms with Gasteiger partial charge in [-0.3, -0.25) is 4.79 Å². The van der Waals surface area contributed by atoms with Gasteiger partial charge >= 0.3 is 6.03 Å². The van der Waals surface area contributed by atoms with Crippen LogP contribution in [0.4, 0.5) is 4.79 Å². The van der Waals surface area contributed by atoms with Crippen LogP contribution in [0.1, 0.15) is 35.2 Å². The van der Waals surface area contributed by atoms with E-state index in [-0.39, 0.29) is 18.0 Å². The predicted molar refractivity (Wildman–Crippen MR) is 96.6 cm³/mol. The summed E-state index contributed by atoms with van der Waals surface area (Å²) in [5, 5.41) is 5.13. The van der Waals surface area contributed by atoms with Gasteiger partial charge in [-0.1, -0.05) is 6.07 Å². The van der Waals surface area contributed by atoms with Crippen LogP contribution in [0.15, 0.2) is 40.3 Å². The summed E-state index contributed by atoms with van der Waals surface area (Å²) in [4.78, 5) is 29.5. The number of urea groups is 1. The van der Waals surface area contributed by atoms with Crippen LogP contribution in [0.5, 0.6) is 0 Å². The summed E-state index contributed by atoms with van der Waals surface area (Å²) in [6.45, 7) is 4.54. The minimum Gasteiger partial charge on any atom is -0.459 e. The number of nitrogens with zero attached hydrogens (tertiary/aromatic N) is 2. The maximum Gasteiger partial charge on any atom is 0.317 e. The number of piperidine rings is 1. The van der Waals surface area contributed by atoms with Gasteiger partial charge in [0.1, 0.15) is 0 Å². The van der Waals surface area contributed by atoms with Crippen molar-refractivity contribution in [2.45, 2.75) is 32.4 Å². The Balaban J connectivity index is 1.47. The summed E-state index contributed by atoms with van der Waals surface area (Å²) in [5.74, 6) is 0.290. The van der Waals surface area contributed by atoms with Gasteiger partial charge in [-0.25, -0.2) is 4.79 Å². The van der Waals surface area contributed by atoms with E-state index in [9.17, 15) is 9.59 Å². The molecule has 6 nitrogen and oxygen atoms in total. The lowest BCUT2D eigenvalue weighted by atomic mass is 10.0. The van der Waals surface area contributed by atoms with Crippen molar-refractivity contribution in [3.63, 3.8) is 0 Å². The lowest BCUT2D eigenvalue weighted by molar-refractivity contribution is 0.0674. The molecule has 2 aromatic rings. The fourth-order valence-corrected chi connectivity index (χ4v) is 3.69. The molecule has 0 aromatic carbocycles. The molecule has 0 unspecified atom stereocenters. The van der Waals surface area contributed by atoms with Crippen LogP contribution in [-0.4, -0.2) is 47.4 Å². The van der Waals surface area contributed by atoms with E-state index in [1.807, 2.05) is 29.3 Å². The van der Waals surface area contributed by atoms with Gasteiger partial charge < -0.3 is 19.5 Å². The van der Waals surface area contributed by atoms with Crippen LogP contribution in [0, 0.1) is 0 Å². The van der Waals surface area contributed by atoms with Crippen molar-refractivity contribution in [1.29, 1.82) is 0 Å². The Kier molecular flexibility index (Phi) is 5.75. The Morgan fingerprint density at radius 3 is 2.72 bits per heavy atom. The molecular formula is C18H23N3O3S. The summed E-state index contributed by atoms with van der Waals surface area (Å²) >= 11 is 1.66. The molecule has 2 aromatic heterocycles. The fourth-order valence-electron chi connectivity index (χ4n) is 2.97. The number of carbonyl (C=O) groups is 2. The smallest absolute Gasteiger partial charge is 0.317 e. The molecule has 1 aliphatic heterocycles. The van der Waals surface area contributed by atoms with Crippen molar-refractivity contribution >= 4 is 23.3 Å². The normalized spacial score (nSPS) is 15.2. The Morgan fingerprint density at radius 1 is 1.32 bits per heavy atom. The Bertz CT molecular complexity index is 677. The van der Waals surface area contributed by atoms with Crippen molar-refractivity contribution in [3.8, 4) is 0 Å². The minimum absolute atomic E-state index is 0.0355. The summed E-state index contributed by atoms with van der Waals surface area (Å²) in [5.41, 5.74) is 0. The molecule has 0 spiro atoms. The topological polar surface area (TPSA) is 65.8 Å². The number of likely N-dealkylation sites (tertiary alicyclic amines) is 1. The third-order valence-corrected chi connectivity index (χ3v) is 5.30. The fraction of sp³-hybridized carbons (Fsp3) is 0.444. The van der Waals surface area contributed by atoms with Gasteiger partial charge in [0.05, 0.1) is 12.8 Å². The lowest BCUT2D eigenvalue weighted by Crippen LogP contribution is -2.50. The van der Waals surface area contributed by atoms with Crippen LogP contribution < -0.4 is 5.32 Å². The standard InChI is InChI=1S/C18H23N3O3S/c1-2-20(13-15-5-4-12-25-15)18(23)19-14-7-9-21(10-8-14)17(22)16-6-3-11-24-16/h3-6,11-12,14H,2,7-10,13H2,1H3,(H,19,23). The summed E-state index contributed by atoms with van der Waals surface area (Å²) in [6.07, 6.45) is 3.02. The van der Waals surface area contributed by atoms with Gasteiger partial charge in [0, 0.05) is 30.6 Å². The molecule has 1 saturated heterocycles. The Hall–Kier alpha value is -2.28. The van der Waals surface area contributed by atoms with Crippen molar-refractivity contribution in [3.05, 3.63) is 46.5 Å². The zero-order valence-electron chi connectivity index (χ0n) is 14.3. The van der Waals surface area contributed by atoms with Crippen LogP contribution in [0.25, 0.3) is 0 Å². The van der Waals surface area contributed by atoms with Gasteiger partial charge in [-0.2, -0.15) is 0 Å². The van der Waals surface area contributed by atoms with E-state index in [1.54, 1.807) is 28.4 Å². The van der Waals surface area contributed by atoms with E-state index in [0.717, 1.165) is 12.8 Å². The number of carbonyl (C=O) groups excluding carboxylic acids is 2. The van der Waals surface area contributed by atoms with Gasteiger partial charge in [0.2, 0.25) is 0 Å². The molecule has 0 aliphatic carbocycles. The largest absolute Gasteiger partial charge is 0.459 e. The van der Waals surface area contributed by atoms with Crippen molar-refractivity contribution in [1.82, 2.24) is 15.1 Å². The molecule has 3 rings (SSSR count). The number of nitrogens with one attached hydrogen (secondary N) is 1. The van der Waals surface area contributed by atoms with E-state index >= 15 is 0 Å². The molecule has 0 radical (unpaired) electrons. The highest BCUT2D eigenvalue weighted by molar-refractivity contribution is 7.09. The molecule has 0 saturated carbocycles. The predicted octanol–water partition coefficient (Wildman–Crippen LogP) is 3.18. The Labute approximate surface area is 151 Å². The molecule has 1 fully saturated rings. The molecule has 3 amide bonds. The zero-order chi connectivity index (χ0) is 17.6. The molecule has 1 N–H and O–H groups in total. The highest BCUT2D eigenvalue weighted by atomic mass is 32.1. The lowest BCUT2D eigenvalue weighted by Gasteiger charge is -2.33. The van der Waals surface area contributed by atoms with Crippen molar-refractivity contribution in [2.75, 3.05) is 19.6 Å². The molecule has 3 heterocycles. The molecule has 1 aliphatic rings. The minimum atomic E-state index is -0.0809. The van der Waals surface area contributed by atoms with E-state index < -0.39 is 0 Å². The molecule has 7 heteroatoms. The maximum atomic E-state index is 12.5. The first-order valence-electron chi connectivity index (χ1n) is 8.58. The number of rotatable bonds is 5. The second-order valence-corrected chi connectivity index (χ2v) is 7.12. The van der Waals surface area contributed by atoms with Crippen LogP contribution in [0.3, 0.4) is 0 Å². The first kappa shape index (κ1) is 17.5. The van der Waals surface area contributed by atoms with E-state index in [4.69, 9.17) is 4.42 Å². The third-order valence-electron chi connectivity index (χ3n) is 4.44. The number of hydrogen-bond donors (Lipinski definition) is 1. The number of hydrogen-bond acceptors (Lipinski definition) is 4. The highest BCUT2D eigenvalue weighted by Crippen LogP contribution is 2.16. The quantitative estimate of drug-likeness (QED) is 0.889. The highest BCUT2D eigenvalue weighted by Gasteiger charge is 2.26. The number of furan rings is 1. The monoisotopic (exact) mass is 361 g/mol. The molecular weight excluding hydrogens is 338 g/mol. The second-order valence-electron chi connectivity index (χ2n) is 6.09. The molecule has 0 atom stereocenters. The average molecular weight is 361 g/mol. The summed E-state index contributed by atoms with van der Waals surface area (Å²) in [6, 6.07) is 7.50. The Morgan fingerprint density at radius 2 is 2.12 bits per heavy atom. The number of amides is 3. The van der Waals surface area contributed by atoms with Crippen LogP contribution in [0.2, 0.25) is 0 Å². The van der Waals surface area contributed by atoms with Crippen LogP contribution in [-0.2, 0) is 6.54 Å². The SMILES string of the molecule is CCN(Cc1cccs1)C(=O)NC1CCN(C(=O)c2ccco2)CC1. The maximum absolute atomic E-state index is 12.5. The first-order valence-corrected chi connectivity index (χ1v) is 9.46. The third kappa shape index (κ3) is 4.42. The van der Waals surface area contributed by atoms with Gasteiger partial charge in [0.25, 0.3) is 5.91 Å². The van der Waals surface area contributed by atoms with E-state index in [2.05, 4.69) is 5.32 Å². The van der Waals surface area contributed by atoms with E-state index in [0.29, 0.717) is 31.9 Å².